The number of rotatable bonds is 12. The molecular formula is C63H66Cl2F2N10O13. The first-order valence-corrected chi connectivity index (χ1v) is 29.7. The van der Waals surface area contributed by atoms with Gasteiger partial charge in [0.1, 0.15) is 44.9 Å². The van der Waals surface area contributed by atoms with E-state index in [1.807, 2.05) is 9.80 Å². The molecular weight excluding hydrogens is 1210 g/mol. The summed E-state index contributed by atoms with van der Waals surface area (Å²) in [5.74, 6) is -2.46. The van der Waals surface area contributed by atoms with Gasteiger partial charge in [-0.3, -0.25) is 9.59 Å². The molecule has 2 amide bonds. The number of benzene rings is 4. The lowest BCUT2D eigenvalue weighted by Crippen LogP contribution is -2.49. The lowest BCUT2D eigenvalue weighted by Gasteiger charge is -2.34. The SMILES string of the molecule is Cc1oc(=O)oc1COC(=O)c1ccc2c3nc(N4CCC[C@@H](NC(=O)OC(C)(C)C)C4)n(Cc4cc(F)ccc4Cl)c3c(=O)n(C)c2c1.Cn1c(=O)c2c(nc(N3CCC[C@@H](NC(=O)OC(C)(C)C)C3)n2Cc2cc(F)ccc2Cl)c2ccc(C(=O)O)cc21. The molecule has 27 heteroatoms. The first kappa shape index (κ1) is 63.8. The zero-order valence-corrected chi connectivity index (χ0v) is 52.3. The maximum Gasteiger partial charge on any atom is 0.519 e. The molecule has 4 aromatic carbocycles. The van der Waals surface area contributed by atoms with Crippen LogP contribution in [0.3, 0.4) is 0 Å². The Hall–Kier alpha value is -9.23. The third-order valence-corrected chi connectivity index (χ3v) is 16.1. The highest BCUT2D eigenvalue weighted by atomic mass is 35.5. The molecule has 23 nitrogen and oxygen atoms in total. The van der Waals surface area contributed by atoms with E-state index >= 15 is 0 Å². The predicted molar refractivity (Wildman–Crippen MR) is 333 cm³/mol. The van der Waals surface area contributed by atoms with Crippen molar-refractivity contribution >= 4 is 103 Å². The number of aryl methyl sites for hydroxylation is 3. The van der Waals surface area contributed by atoms with Crippen molar-refractivity contribution < 1.29 is 56.1 Å². The number of piperidine rings is 2. The van der Waals surface area contributed by atoms with Gasteiger partial charge in [0.15, 0.2) is 18.1 Å². The van der Waals surface area contributed by atoms with Crippen LogP contribution in [0.15, 0.2) is 96.0 Å². The Kier molecular flexibility index (Phi) is 18.0. The number of esters is 1. The lowest BCUT2D eigenvalue weighted by molar-refractivity contribution is 0.0440. The number of aromatic nitrogens is 6. The number of carboxylic acid groups (broad SMARTS) is 1. The minimum Gasteiger partial charge on any atom is -0.478 e. The number of hydrogen-bond donors (Lipinski definition) is 3. The fourth-order valence-corrected chi connectivity index (χ4v) is 11.5. The number of amides is 2. The van der Waals surface area contributed by atoms with Crippen molar-refractivity contribution in [3.8, 4) is 0 Å². The quantitative estimate of drug-likeness (QED) is 0.0758. The molecule has 2 aliphatic heterocycles. The average molecular weight is 1280 g/mol. The third-order valence-electron chi connectivity index (χ3n) is 15.3. The number of ether oxygens (including phenoxy) is 3. The maximum atomic E-state index is 14.4. The van der Waals surface area contributed by atoms with Gasteiger partial charge in [0.2, 0.25) is 11.9 Å². The first-order chi connectivity index (χ1) is 42.5. The number of imidazole rings is 2. The molecule has 0 bridgehead atoms. The van der Waals surface area contributed by atoms with Gasteiger partial charge in [0, 0.05) is 73.2 Å². The average Bonchev–Trinajstić information content (AvgIpc) is 1.55. The van der Waals surface area contributed by atoms with Crippen LogP contribution in [-0.2, 0) is 48.0 Å². The van der Waals surface area contributed by atoms with E-state index in [-0.39, 0.29) is 71.0 Å². The van der Waals surface area contributed by atoms with Crippen LogP contribution in [0.5, 0.6) is 0 Å². The van der Waals surface area contributed by atoms with Gasteiger partial charge in [-0.05, 0) is 158 Å². The summed E-state index contributed by atoms with van der Waals surface area (Å²) in [5.41, 5.74) is 1.17. The van der Waals surface area contributed by atoms with E-state index in [1.165, 1.54) is 70.7 Å². The number of fused-ring (bicyclic) bond motifs is 6. The summed E-state index contributed by atoms with van der Waals surface area (Å²) in [6.45, 7) is 14.0. The number of alkyl carbamates (subject to hydrolysis) is 2. The summed E-state index contributed by atoms with van der Waals surface area (Å²) in [4.78, 5) is 103. The van der Waals surface area contributed by atoms with Crippen molar-refractivity contribution in [3.05, 3.63) is 160 Å². The fourth-order valence-electron chi connectivity index (χ4n) is 11.2. The third kappa shape index (κ3) is 13.8. The number of nitrogens with one attached hydrogen (secondary N) is 2. The van der Waals surface area contributed by atoms with Crippen molar-refractivity contribution in [1.29, 1.82) is 0 Å². The van der Waals surface area contributed by atoms with Crippen LogP contribution in [0.4, 0.5) is 30.3 Å². The number of halogens is 4. The summed E-state index contributed by atoms with van der Waals surface area (Å²) in [6.07, 6.45) is 1.86. The molecule has 3 N–H and O–H groups in total. The normalized spacial score (nSPS) is 15.5. The zero-order chi connectivity index (χ0) is 64.8. The summed E-state index contributed by atoms with van der Waals surface area (Å²) < 4.78 is 60.8. The number of pyridine rings is 2. The number of carbonyl (C=O) groups excluding carboxylic acids is 3. The van der Waals surface area contributed by atoms with E-state index in [9.17, 15) is 47.4 Å². The highest BCUT2D eigenvalue weighted by Crippen LogP contribution is 2.34. The Labute approximate surface area is 522 Å². The monoisotopic (exact) mass is 1280 g/mol. The second kappa shape index (κ2) is 25.3. The molecule has 0 unspecified atom stereocenters. The van der Waals surface area contributed by atoms with Crippen molar-refractivity contribution in [1.82, 2.24) is 38.9 Å². The van der Waals surface area contributed by atoms with E-state index in [2.05, 4.69) is 10.6 Å². The van der Waals surface area contributed by atoms with Crippen molar-refractivity contribution in [3.63, 3.8) is 0 Å². The molecule has 2 atom stereocenters. The molecule has 0 spiro atoms. The minimum atomic E-state index is -1.11. The molecule has 11 rings (SSSR count). The first-order valence-electron chi connectivity index (χ1n) is 28.9. The topological polar surface area (TPSA) is 270 Å². The van der Waals surface area contributed by atoms with Crippen molar-refractivity contribution in [2.24, 2.45) is 14.1 Å². The molecule has 90 heavy (non-hydrogen) atoms. The standard InChI is InChI=1S/C34H35ClFN5O8.C29H31ClFN5O5/c1-18-26(48-33(45)47-18)17-46-30(43)19-8-10-23-25(14-19)39(5)29(42)28-27(23)38-31(41(28)15-20-13-21(36)9-11-24(20)35)40-12-6-7-22(16-40)37-32(44)49-34(2,3)4;1-29(2,3)41-28(40)32-19-6-5-11-35(15-19)27-33-23-20-9-7-16(26(38)39)13-22(20)34(4)25(37)24(23)36(27)14-17-12-18(31)8-10-21(17)30/h8-11,13-14,22H,6-7,12,15-17H2,1-5H3,(H,37,44);7-10,12-13,19H,5-6,11,14-15H2,1-4H3,(H,32,40)(H,38,39)/t22-;19-/m11/s1. The van der Waals surface area contributed by atoms with E-state index in [0.29, 0.717) is 98.5 Å². The zero-order valence-electron chi connectivity index (χ0n) is 50.8. The summed E-state index contributed by atoms with van der Waals surface area (Å²) in [7, 11) is 3.15. The number of carboxylic acids is 1. The molecule has 0 aliphatic carbocycles. The van der Waals surface area contributed by atoms with Gasteiger partial charge in [-0.15, -0.1) is 0 Å². The smallest absolute Gasteiger partial charge is 0.478 e. The van der Waals surface area contributed by atoms with Crippen LogP contribution in [0.2, 0.25) is 10.0 Å². The van der Waals surface area contributed by atoms with E-state index < -0.39 is 58.3 Å². The lowest BCUT2D eigenvalue weighted by atomic mass is 10.1. The van der Waals surface area contributed by atoms with Crippen molar-refractivity contribution in [2.75, 3.05) is 36.0 Å². The number of anilines is 2. The second-order valence-electron chi connectivity index (χ2n) is 24.2. The summed E-state index contributed by atoms with van der Waals surface area (Å²) >= 11 is 12.9. The largest absolute Gasteiger partial charge is 0.519 e. The van der Waals surface area contributed by atoms with E-state index in [4.69, 9.17) is 56.2 Å². The van der Waals surface area contributed by atoms with Crippen LogP contribution in [0.25, 0.3) is 43.9 Å². The number of nitrogens with zero attached hydrogens (tertiary/aromatic N) is 8. The molecule has 2 aliphatic rings. The van der Waals surface area contributed by atoms with Crippen LogP contribution in [-0.4, -0.2) is 107 Å². The number of hydrogen-bond acceptors (Lipinski definition) is 16. The fraction of sp³-hybridized carbons (Fsp3) is 0.381. The minimum absolute atomic E-state index is 0.0395. The van der Waals surface area contributed by atoms with Crippen LogP contribution < -0.4 is 37.4 Å². The highest BCUT2D eigenvalue weighted by Gasteiger charge is 2.32. The van der Waals surface area contributed by atoms with Crippen LogP contribution >= 0.6 is 23.2 Å². The Balaban J connectivity index is 0.000000201. The predicted octanol–water partition coefficient (Wildman–Crippen LogP) is 10.4. The molecule has 0 radical (unpaired) electrons. The number of aromatic carboxylic acids is 1. The second-order valence-corrected chi connectivity index (χ2v) is 25.0. The molecule has 7 heterocycles. The Morgan fingerprint density at radius 2 is 1.10 bits per heavy atom. The molecule has 474 valence electrons. The molecule has 5 aromatic heterocycles. The van der Waals surface area contributed by atoms with Crippen LogP contribution in [0, 0.1) is 18.6 Å². The van der Waals surface area contributed by atoms with Crippen LogP contribution in [0.1, 0.15) is 111 Å². The molecule has 9 aromatic rings. The Morgan fingerprint density at radius 1 is 0.656 bits per heavy atom. The summed E-state index contributed by atoms with van der Waals surface area (Å²) in [5, 5.41) is 17.2. The highest BCUT2D eigenvalue weighted by molar-refractivity contribution is 6.31. The summed E-state index contributed by atoms with van der Waals surface area (Å²) in [6, 6.07) is 16.9. The van der Waals surface area contributed by atoms with Gasteiger partial charge < -0.3 is 66.9 Å². The molecule has 2 saturated heterocycles. The van der Waals surface area contributed by atoms with Gasteiger partial charge in [0.25, 0.3) is 11.1 Å². The molecule has 0 saturated carbocycles. The van der Waals surface area contributed by atoms with E-state index in [0.717, 1.165) is 19.3 Å². The van der Waals surface area contributed by atoms with Crippen molar-refractivity contribution in [2.45, 2.75) is 117 Å². The van der Waals surface area contributed by atoms with Gasteiger partial charge in [-0.1, -0.05) is 23.2 Å². The molecule has 2 fully saturated rings. The van der Waals surface area contributed by atoms with Gasteiger partial charge in [-0.2, -0.15) is 0 Å². The Bertz CT molecular complexity index is 4520. The van der Waals surface area contributed by atoms with Gasteiger partial charge in [-0.25, -0.2) is 42.7 Å². The van der Waals surface area contributed by atoms with Gasteiger partial charge >= 0.3 is 29.9 Å². The van der Waals surface area contributed by atoms with E-state index in [1.54, 1.807) is 83.0 Å². The Morgan fingerprint density at radius 3 is 1.52 bits per heavy atom. The number of carbonyl (C=O) groups is 4. The maximum absolute atomic E-state index is 14.4. The van der Waals surface area contributed by atoms with Gasteiger partial charge in [0.05, 0.1) is 35.2 Å².